The minimum atomic E-state index is -4.00. The molecule has 0 unspecified atom stereocenters. The number of rotatable bonds is 3. The number of hydrogen-bond acceptors (Lipinski definition) is 3. The van der Waals surface area contributed by atoms with Crippen LogP contribution < -0.4 is 4.43 Å². The third kappa shape index (κ3) is 4.04. The van der Waals surface area contributed by atoms with E-state index < -0.39 is 17.4 Å². The fraction of sp³-hybridized carbons (Fsp3) is 0.500. The molecule has 1 aromatic carbocycles. The van der Waals surface area contributed by atoms with E-state index in [1.54, 1.807) is 0 Å². The quantitative estimate of drug-likeness (QED) is 0.531. The van der Waals surface area contributed by atoms with Gasteiger partial charge in [0.25, 0.3) is 17.4 Å². The number of halogens is 3. The molecule has 0 fully saturated rings. The van der Waals surface area contributed by atoms with E-state index in [0.717, 1.165) is 0 Å². The summed E-state index contributed by atoms with van der Waals surface area (Å²) in [6, 6.07) is 2.69. The maximum absolute atomic E-state index is 11.7. The fourth-order valence-electron chi connectivity index (χ4n) is 1.23. The zero-order valence-corrected chi connectivity index (χ0v) is 16.0. The molecule has 114 valence electrons. The lowest BCUT2D eigenvalue weighted by atomic mass is 10.2. The summed E-state index contributed by atoms with van der Waals surface area (Å²) in [5, 5.41) is 0.224. The lowest BCUT2D eigenvalue weighted by Crippen LogP contribution is -2.44. The molecule has 0 aromatic heterocycles. The molecule has 0 aliphatic carbocycles. The Kier molecular flexibility index (Phi) is 5.15. The Hall–Kier alpha value is 0.0569. The Labute approximate surface area is 135 Å². The van der Waals surface area contributed by atoms with Gasteiger partial charge < -0.3 is 4.43 Å². The summed E-state index contributed by atoms with van der Waals surface area (Å²) >= 11 is 11.9. The maximum Gasteiger partial charge on any atom is 0.265 e. The van der Waals surface area contributed by atoms with Crippen LogP contribution in [0.5, 0.6) is 5.75 Å². The molecular weight excluding hydrogens is 359 g/mol. The van der Waals surface area contributed by atoms with Crippen molar-refractivity contribution in [3.05, 3.63) is 22.2 Å². The SMILES string of the molecule is CC(C)(C)[Si](C)(C)Oc1c(Cl)cc(Cl)cc1S(=O)(=O)Cl. The maximum atomic E-state index is 11.7. The van der Waals surface area contributed by atoms with E-state index >= 15 is 0 Å². The van der Waals surface area contributed by atoms with Crippen LogP contribution in [-0.4, -0.2) is 16.7 Å². The van der Waals surface area contributed by atoms with Gasteiger partial charge >= 0.3 is 0 Å². The molecule has 0 aliphatic heterocycles. The Morgan fingerprint density at radius 2 is 1.65 bits per heavy atom. The monoisotopic (exact) mass is 374 g/mol. The van der Waals surface area contributed by atoms with Crippen molar-refractivity contribution < 1.29 is 12.8 Å². The van der Waals surface area contributed by atoms with Crippen molar-refractivity contribution in [1.82, 2.24) is 0 Å². The second kappa shape index (κ2) is 5.69. The molecule has 0 spiro atoms. The summed E-state index contributed by atoms with van der Waals surface area (Å²) in [5.74, 6) is 0.0812. The van der Waals surface area contributed by atoms with Crippen molar-refractivity contribution in [2.45, 2.75) is 43.8 Å². The highest BCUT2D eigenvalue weighted by atomic mass is 35.7. The van der Waals surface area contributed by atoms with Crippen LogP contribution in [-0.2, 0) is 9.05 Å². The molecule has 20 heavy (non-hydrogen) atoms. The van der Waals surface area contributed by atoms with E-state index in [1.165, 1.54) is 12.1 Å². The molecule has 1 rings (SSSR count). The van der Waals surface area contributed by atoms with Crippen LogP contribution >= 0.6 is 33.9 Å². The standard InChI is InChI=1S/C12H17Cl3O3SSi/c1-12(2,3)20(4,5)18-11-9(14)6-8(13)7-10(11)19(15,16)17/h6-7H,1-5H3. The van der Waals surface area contributed by atoms with Crippen LogP contribution in [0.25, 0.3) is 0 Å². The third-order valence-electron chi connectivity index (χ3n) is 3.40. The molecule has 0 heterocycles. The van der Waals surface area contributed by atoms with Crippen LogP contribution in [0.3, 0.4) is 0 Å². The number of hydrogen-bond donors (Lipinski definition) is 0. The summed E-state index contributed by atoms with van der Waals surface area (Å²) in [7, 11) is -0.810. The van der Waals surface area contributed by atoms with Crippen molar-refractivity contribution in [2.75, 3.05) is 0 Å². The van der Waals surface area contributed by atoms with Gasteiger partial charge in [-0.05, 0) is 30.3 Å². The molecule has 0 radical (unpaired) electrons. The molecule has 0 atom stereocenters. The van der Waals surface area contributed by atoms with Gasteiger partial charge in [0, 0.05) is 15.7 Å². The molecule has 8 heteroatoms. The molecule has 0 saturated heterocycles. The first-order chi connectivity index (χ1) is 8.75. The van der Waals surface area contributed by atoms with E-state index in [2.05, 4.69) is 0 Å². The summed E-state index contributed by atoms with van der Waals surface area (Å²) in [6.07, 6.45) is 0. The highest BCUT2D eigenvalue weighted by Crippen LogP contribution is 2.43. The Morgan fingerprint density at radius 3 is 2.05 bits per heavy atom. The molecule has 1 aromatic rings. The van der Waals surface area contributed by atoms with Gasteiger partial charge in [0.1, 0.15) is 10.6 Å². The van der Waals surface area contributed by atoms with Gasteiger partial charge in [-0.25, -0.2) is 8.42 Å². The van der Waals surface area contributed by atoms with Crippen LogP contribution in [0, 0.1) is 0 Å². The molecule has 0 saturated carbocycles. The van der Waals surface area contributed by atoms with Crippen LogP contribution in [0.1, 0.15) is 20.8 Å². The van der Waals surface area contributed by atoms with Crippen LogP contribution in [0.15, 0.2) is 17.0 Å². The Morgan fingerprint density at radius 1 is 1.15 bits per heavy atom. The molecule has 0 bridgehead atoms. The summed E-state index contributed by atoms with van der Waals surface area (Å²) in [4.78, 5) is -0.193. The van der Waals surface area contributed by atoms with Gasteiger partial charge in [0.15, 0.2) is 0 Å². The van der Waals surface area contributed by atoms with E-state index in [9.17, 15) is 8.42 Å². The smallest absolute Gasteiger partial charge is 0.265 e. The molecule has 0 aliphatic rings. The van der Waals surface area contributed by atoms with Gasteiger partial charge in [0.05, 0.1) is 5.02 Å². The van der Waals surface area contributed by atoms with Crippen molar-refractivity contribution in [3.63, 3.8) is 0 Å². The largest absolute Gasteiger partial charge is 0.542 e. The van der Waals surface area contributed by atoms with E-state index in [1.807, 2.05) is 33.9 Å². The first-order valence-corrected chi connectivity index (χ1v) is 11.9. The zero-order valence-electron chi connectivity index (χ0n) is 11.9. The fourth-order valence-corrected chi connectivity index (χ4v) is 4.04. The Balaban J connectivity index is 3.47. The molecule has 0 N–H and O–H groups in total. The molecule has 3 nitrogen and oxygen atoms in total. The topological polar surface area (TPSA) is 43.4 Å². The van der Waals surface area contributed by atoms with Crippen molar-refractivity contribution in [1.29, 1.82) is 0 Å². The van der Waals surface area contributed by atoms with Gasteiger partial charge in [-0.15, -0.1) is 0 Å². The highest BCUT2D eigenvalue weighted by Gasteiger charge is 2.40. The number of benzene rings is 1. The second-order valence-corrected chi connectivity index (χ2v) is 14.1. The van der Waals surface area contributed by atoms with Gasteiger partial charge in [-0.1, -0.05) is 44.0 Å². The predicted molar refractivity (Wildman–Crippen MR) is 87.3 cm³/mol. The lowest BCUT2D eigenvalue weighted by Gasteiger charge is -2.37. The second-order valence-electron chi connectivity index (χ2n) is 6.02. The summed E-state index contributed by atoms with van der Waals surface area (Å²) in [6.45, 7) is 10.1. The normalized spacial score (nSPS) is 13.4. The Bertz CT molecular complexity index is 622. The van der Waals surface area contributed by atoms with Crippen molar-refractivity contribution in [2.24, 2.45) is 0 Å². The lowest BCUT2D eigenvalue weighted by molar-refractivity contribution is 0.481. The van der Waals surface area contributed by atoms with Crippen LogP contribution in [0.4, 0.5) is 0 Å². The zero-order chi connectivity index (χ0) is 15.9. The summed E-state index contributed by atoms with van der Waals surface area (Å²) in [5.41, 5.74) is 0. The van der Waals surface area contributed by atoms with E-state index in [-0.39, 0.29) is 25.7 Å². The minimum absolute atomic E-state index is 0.0812. The van der Waals surface area contributed by atoms with Crippen molar-refractivity contribution in [3.8, 4) is 5.75 Å². The first-order valence-electron chi connectivity index (χ1n) is 5.88. The molecule has 0 amide bonds. The van der Waals surface area contributed by atoms with E-state index in [0.29, 0.717) is 0 Å². The van der Waals surface area contributed by atoms with Crippen molar-refractivity contribution >= 4 is 51.3 Å². The highest BCUT2D eigenvalue weighted by molar-refractivity contribution is 8.13. The average molecular weight is 376 g/mol. The third-order valence-corrected chi connectivity index (χ3v) is 9.55. The average Bonchev–Trinajstić information content (AvgIpc) is 2.18. The van der Waals surface area contributed by atoms with Gasteiger partial charge in [-0.3, -0.25) is 0 Å². The van der Waals surface area contributed by atoms with Gasteiger partial charge in [-0.2, -0.15) is 0 Å². The van der Waals surface area contributed by atoms with Gasteiger partial charge in [0.2, 0.25) is 0 Å². The molecular formula is C12H17Cl3O3SSi. The van der Waals surface area contributed by atoms with E-state index in [4.69, 9.17) is 38.3 Å². The van der Waals surface area contributed by atoms with Crippen LogP contribution in [0.2, 0.25) is 28.2 Å². The first kappa shape index (κ1) is 18.1. The predicted octanol–water partition coefficient (Wildman–Crippen LogP) is 5.30. The summed E-state index contributed by atoms with van der Waals surface area (Å²) < 4.78 is 29.3. The minimum Gasteiger partial charge on any atom is -0.542 e.